The maximum Gasteiger partial charge on any atom is 0.340 e. The highest BCUT2D eigenvalue weighted by molar-refractivity contribution is 5.92. The SMILES string of the molecule is CCn1c(C)cc(C(=O)OCC(=O)NC(C)(C)CC)c1C. The Morgan fingerprint density at radius 3 is 2.38 bits per heavy atom. The number of ether oxygens (including phenoxy) is 1. The van der Waals surface area contributed by atoms with E-state index in [0.717, 1.165) is 24.4 Å². The molecule has 0 aromatic carbocycles. The number of rotatable bonds is 6. The number of hydrogen-bond donors (Lipinski definition) is 1. The first kappa shape index (κ1) is 17.3. The van der Waals surface area contributed by atoms with E-state index in [1.807, 2.05) is 46.1 Å². The van der Waals surface area contributed by atoms with Crippen LogP contribution < -0.4 is 5.32 Å². The van der Waals surface area contributed by atoms with Gasteiger partial charge in [-0.3, -0.25) is 4.79 Å². The van der Waals surface area contributed by atoms with E-state index < -0.39 is 5.97 Å². The molecule has 1 aromatic heterocycles. The number of nitrogens with one attached hydrogen (secondary N) is 1. The van der Waals surface area contributed by atoms with E-state index in [1.165, 1.54) is 0 Å². The zero-order valence-electron chi connectivity index (χ0n) is 13.9. The van der Waals surface area contributed by atoms with Crippen LogP contribution in [0.2, 0.25) is 0 Å². The summed E-state index contributed by atoms with van der Waals surface area (Å²) in [7, 11) is 0. The molecule has 0 spiro atoms. The molecule has 0 atom stereocenters. The van der Waals surface area contributed by atoms with Gasteiger partial charge in [-0.15, -0.1) is 0 Å². The van der Waals surface area contributed by atoms with Crippen molar-refractivity contribution in [2.45, 2.75) is 60.0 Å². The highest BCUT2D eigenvalue weighted by Gasteiger charge is 2.20. The Labute approximate surface area is 126 Å². The largest absolute Gasteiger partial charge is 0.452 e. The third kappa shape index (κ3) is 4.34. The molecule has 0 bridgehead atoms. The zero-order chi connectivity index (χ0) is 16.2. The summed E-state index contributed by atoms with van der Waals surface area (Å²) in [4.78, 5) is 23.8. The summed E-state index contributed by atoms with van der Waals surface area (Å²) in [6.07, 6.45) is 0.810. The molecular weight excluding hydrogens is 268 g/mol. The van der Waals surface area contributed by atoms with Crippen molar-refractivity contribution in [1.29, 1.82) is 0 Å². The second-order valence-corrected chi connectivity index (χ2v) is 5.89. The average Bonchev–Trinajstić information content (AvgIpc) is 2.70. The first-order chi connectivity index (χ1) is 9.71. The van der Waals surface area contributed by atoms with Gasteiger partial charge in [0, 0.05) is 23.5 Å². The molecular formula is C16H26N2O3. The van der Waals surface area contributed by atoms with E-state index in [1.54, 1.807) is 6.07 Å². The summed E-state index contributed by atoms with van der Waals surface area (Å²) in [6, 6.07) is 1.80. The number of carbonyl (C=O) groups excluding carboxylic acids is 2. The summed E-state index contributed by atoms with van der Waals surface area (Å²) in [5.41, 5.74) is 2.12. The van der Waals surface area contributed by atoms with Crippen molar-refractivity contribution >= 4 is 11.9 Å². The van der Waals surface area contributed by atoms with E-state index in [-0.39, 0.29) is 18.1 Å². The van der Waals surface area contributed by atoms with Crippen LogP contribution in [0.1, 0.15) is 55.9 Å². The maximum atomic E-state index is 12.1. The molecule has 1 N–H and O–H groups in total. The normalized spacial score (nSPS) is 11.3. The van der Waals surface area contributed by atoms with Gasteiger partial charge >= 0.3 is 5.97 Å². The lowest BCUT2D eigenvalue weighted by Gasteiger charge is -2.24. The van der Waals surface area contributed by atoms with Gasteiger partial charge in [0.2, 0.25) is 0 Å². The van der Waals surface area contributed by atoms with Crippen molar-refractivity contribution in [3.05, 3.63) is 23.0 Å². The van der Waals surface area contributed by atoms with Crippen LogP contribution in [-0.2, 0) is 16.1 Å². The number of nitrogens with zero attached hydrogens (tertiary/aromatic N) is 1. The second-order valence-electron chi connectivity index (χ2n) is 5.89. The molecule has 0 fully saturated rings. The number of carbonyl (C=O) groups is 2. The topological polar surface area (TPSA) is 60.3 Å². The first-order valence-corrected chi connectivity index (χ1v) is 7.36. The molecule has 118 valence electrons. The molecule has 1 heterocycles. The summed E-state index contributed by atoms with van der Waals surface area (Å²) in [6.45, 7) is 12.3. The highest BCUT2D eigenvalue weighted by Crippen LogP contribution is 2.16. The predicted molar refractivity (Wildman–Crippen MR) is 82.4 cm³/mol. The Hall–Kier alpha value is -1.78. The van der Waals surface area contributed by atoms with E-state index in [9.17, 15) is 9.59 Å². The molecule has 0 radical (unpaired) electrons. The molecule has 1 amide bonds. The van der Waals surface area contributed by atoms with E-state index in [2.05, 4.69) is 5.32 Å². The lowest BCUT2D eigenvalue weighted by Crippen LogP contribution is -2.44. The van der Waals surface area contributed by atoms with Gasteiger partial charge in [0.25, 0.3) is 5.91 Å². The molecule has 0 aliphatic rings. The summed E-state index contributed by atoms with van der Waals surface area (Å²) < 4.78 is 7.15. The van der Waals surface area contributed by atoms with Crippen molar-refractivity contribution in [3.8, 4) is 0 Å². The third-order valence-electron chi connectivity index (χ3n) is 3.81. The minimum absolute atomic E-state index is 0.252. The van der Waals surface area contributed by atoms with E-state index in [0.29, 0.717) is 5.56 Å². The van der Waals surface area contributed by atoms with Crippen molar-refractivity contribution < 1.29 is 14.3 Å². The van der Waals surface area contributed by atoms with Crippen LogP contribution in [-0.4, -0.2) is 28.6 Å². The fourth-order valence-electron chi connectivity index (χ4n) is 2.21. The molecule has 5 nitrogen and oxygen atoms in total. The molecule has 0 aliphatic carbocycles. The Morgan fingerprint density at radius 1 is 1.29 bits per heavy atom. The molecule has 0 aliphatic heterocycles. The summed E-state index contributed by atoms with van der Waals surface area (Å²) in [5.74, 6) is -0.730. The smallest absolute Gasteiger partial charge is 0.340 e. The maximum absolute atomic E-state index is 12.1. The highest BCUT2D eigenvalue weighted by atomic mass is 16.5. The summed E-state index contributed by atoms with van der Waals surface area (Å²) >= 11 is 0. The Kier molecular flexibility index (Phi) is 5.58. The molecule has 5 heteroatoms. The average molecular weight is 294 g/mol. The standard InChI is InChI=1S/C16H26N2O3/c1-7-16(5,6)17-14(19)10-21-15(20)13-9-11(3)18(8-2)12(13)4/h9H,7-8,10H2,1-6H3,(H,17,19). The van der Waals surface area contributed by atoms with Crippen LogP contribution in [0, 0.1) is 13.8 Å². The molecule has 0 saturated carbocycles. The van der Waals surface area contributed by atoms with Crippen molar-refractivity contribution in [2.24, 2.45) is 0 Å². The Bertz CT molecular complexity index is 530. The number of amides is 1. The Morgan fingerprint density at radius 2 is 1.90 bits per heavy atom. The number of aromatic nitrogens is 1. The quantitative estimate of drug-likeness (QED) is 0.820. The Balaban J connectivity index is 2.65. The molecule has 0 saturated heterocycles. The summed E-state index contributed by atoms with van der Waals surface area (Å²) in [5, 5.41) is 2.83. The van der Waals surface area contributed by atoms with Crippen molar-refractivity contribution in [3.63, 3.8) is 0 Å². The van der Waals surface area contributed by atoms with Crippen LogP contribution in [0.25, 0.3) is 0 Å². The van der Waals surface area contributed by atoms with Gasteiger partial charge < -0.3 is 14.6 Å². The third-order valence-corrected chi connectivity index (χ3v) is 3.81. The predicted octanol–water partition coefficient (Wildman–Crippen LogP) is 2.59. The van der Waals surface area contributed by atoms with Crippen molar-refractivity contribution in [1.82, 2.24) is 9.88 Å². The van der Waals surface area contributed by atoms with Gasteiger partial charge in [0.05, 0.1) is 5.56 Å². The van der Waals surface area contributed by atoms with Gasteiger partial charge in [-0.1, -0.05) is 6.92 Å². The fraction of sp³-hybridized carbons (Fsp3) is 0.625. The number of esters is 1. The van der Waals surface area contributed by atoms with Crippen LogP contribution in [0.5, 0.6) is 0 Å². The van der Waals surface area contributed by atoms with Gasteiger partial charge in [-0.05, 0) is 47.1 Å². The van der Waals surface area contributed by atoms with E-state index >= 15 is 0 Å². The molecule has 1 rings (SSSR count). The monoisotopic (exact) mass is 294 g/mol. The van der Waals surface area contributed by atoms with Gasteiger partial charge in [0.15, 0.2) is 6.61 Å². The second kappa shape index (κ2) is 6.78. The van der Waals surface area contributed by atoms with Crippen LogP contribution in [0.4, 0.5) is 0 Å². The van der Waals surface area contributed by atoms with Crippen LogP contribution in [0.3, 0.4) is 0 Å². The zero-order valence-corrected chi connectivity index (χ0v) is 13.9. The van der Waals surface area contributed by atoms with Crippen molar-refractivity contribution in [2.75, 3.05) is 6.61 Å². The lowest BCUT2D eigenvalue weighted by atomic mass is 10.0. The number of hydrogen-bond acceptors (Lipinski definition) is 3. The molecule has 1 aromatic rings. The van der Waals surface area contributed by atoms with Crippen LogP contribution in [0.15, 0.2) is 6.07 Å². The van der Waals surface area contributed by atoms with Gasteiger partial charge in [-0.2, -0.15) is 0 Å². The molecule has 21 heavy (non-hydrogen) atoms. The number of aryl methyl sites for hydroxylation is 1. The molecule has 0 unspecified atom stereocenters. The first-order valence-electron chi connectivity index (χ1n) is 7.36. The van der Waals surface area contributed by atoms with E-state index in [4.69, 9.17) is 4.74 Å². The minimum atomic E-state index is -0.452. The van der Waals surface area contributed by atoms with Gasteiger partial charge in [0.1, 0.15) is 0 Å². The minimum Gasteiger partial charge on any atom is -0.452 e. The fourth-order valence-corrected chi connectivity index (χ4v) is 2.21. The van der Waals surface area contributed by atoms with Crippen LogP contribution >= 0.6 is 0 Å². The van der Waals surface area contributed by atoms with Gasteiger partial charge in [-0.25, -0.2) is 4.79 Å². The lowest BCUT2D eigenvalue weighted by molar-refractivity contribution is -0.125.